The smallest absolute Gasteiger partial charge is 0.319 e. The molecule has 8 heteroatoms. The zero-order valence-corrected chi connectivity index (χ0v) is 17.8. The number of nitrogens with two attached hydrogens (primary N) is 1. The first-order chi connectivity index (χ1) is 14.4. The van der Waals surface area contributed by atoms with E-state index in [2.05, 4.69) is 26.0 Å². The van der Waals surface area contributed by atoms with Crippen molar-refractivity contribution in [3.63, 3.8) is 0 Å². The first-order valence-electron chi connectivity index (χ1n) is 9.95. The number of aliphatic imine (C=N–C) groups is 1. The molecular formula is C22H31FN6O. The fraction of sp³-hybridized carbons (Fsp3) is 0.364. The number of nitrogens with zero attached hydrogens (tertiary/aromatic N) is 2. The normalized spacial score (nSPS) is 11.5. The monoisotopic (exact) mass is 414 g/mol. The number of urea groups is 1. The molecule has 0 aliphatic heterocycles. The Morgan fingerprint density at radius 2 is 2.00 bits per heavy atom. The number of carbonyl (C=O) groups is 1. The summed E-state index contributed by atoms with van der Waals surface area (Å²) in [5.74, 6) is 5.81. The van der Waals surface area contributed by atoms with E-state index in [0.29, 0.717) is 30.2 Å². The highest BCUT2D eigenvalue weighted by molar-refractivity contribution is 6.00. The number of hydrazine groups is 1. The van der Waals surface area contributed by atoms with E-state index in [4.69, 9.17) is 5.84 Å². The molecule has 0 bridgehead atoms. The van der Waals surface area contributed by atoms with Crippen molar-refractivity contribution in [2.45, 2.75) is 26.3 Å². The number of anilines is 1. The van der Waals surface area contributed by atoms with Crippen LogP contribution in [0.4, 0.5) is 14.9 Å². The lowest BCUT2D eigenvalue weighted by Gasteiger charge is -2.17. The Morgan fingerprint density at radius 1 is 1.20 bits per heavy atom. The minimum atomic E-state index is -0.258. The molecule has 0 radical (unpaired) electrons. The largest absolute Gasteiger partial charge is 0.338 e. The molecule has 0 spiro atoms. The van der Waals surface area contributed by atoms with Gasteiger partial charge in [-0.15, -0.1) is 0 Å². The van der Waals surface area contributed by atoms with Crippen LogP contribution in [0.3, 0.4) is 0 Å². The molecule has 0 saturated carbocycles. The molecule has 0 saturated heterocycles. The standard InChI is InChI=1S/C22H31FN6O/c1-16-9-10-17(13-20(16)23)15-29(3)12-5-4-11-26-22(30)27-19-8-6-7-18(14-19)21(25-2)28-24/h6-10,13-14H,4-5,11-12,15,24H2,1-3H3,(H,25,28)(H2,26,27,30). The zero-order chi connectivity index (χ0) is 21.9. The van der Waals surface area contributed by atoms with Crippen molar-refractivity contribution in [2.75, 3.05) is 32.5 Å². The van der Waals surface area contributed by atoms with Crippen LogP contribution in [0.15, 0.2) is 47.5 Å². The average molecular weight is 415 g/mol. The van der Waals surface area contributed by atoms with E-state index in [1.54, 1.807) is 38.2 Å². The van der Waals surface area contributed by atoms with Gasteiger partial charge in [0.1, 0.15) is 11.7 Å². The number of hydrogen-bond donors (Lipinski definition) is 4. The number of benzene rings is 2. The van der Waals surface area contributed by atoms with Gasteiger partial charge < -0.3 is 21.0 Å². The maximum atomic E-state index is 13.6. The van der Waals surface area contributed by atoms with Crippen LogP contribution < -0.4 is 21.9 Å². The number of carbonyl (C=O) groups excluding carboxylic acids is 1. The lowest BCUT2D eigenvalue weighted by Crippen LogP contribution is -2.32. The molecule has 0 aromatic heterocycles. The molecule has 2 aromatic carbocycles. The summed E-state index contributed by atoms with van der Waals surface area (Å²) in [4.78, 5) is 18.3. The molecule has 5 N–H and O–H groups in total. The first kappa shape index (κ1) is 23.3. The van der Waals surface area contributed by atoms with Crippen LogP contribution in [-0.2, 0) is 6.54 Å². The minimum Gasteiger partial charge on any atom is -0.338 e. The van der Waals surface area contributed by atoms with Gasteiger partial charge >= 0.3 is 6.03 Å². The summed E-state index contributed by atoms with van der Waals surface area (Å²) in [5.41, 5.74) is 5.59. The van der Waals surface area contributed by atoms with E-state index in [-0.39, 0.29) is 11.8 Å². The number of halogens is 1. The molecular weight excluding hydrogens is 383 g/mol. The van der Waals surface area contributed by atoms with Crippen molar-refractivity contribution < 1.29 is 9.18 Å². The highest BCUT2D eigenvalue weighted by atomic mass is 19.1. The summed E-state index contributed by atoms with van der Waals surface area (Å²) in [5, 5.41) is 5.66. The van der Waals surface area contributed by atoms with Crippen molar-refractivity contribution in [1.29, 1.82) is 0 Å². The number of aryl methyl sites for hydroxylation is 1. The van der Waals surface area contributed by atoms with E-state index >= 15 is 0 Å². The van der Waals surface area contributed by atoms with Gasteiger partial charge in [-0.3, -0.25) is 4.99 Å². The summed E-state index contributed by atoms with van der Waals surface area (Å²) in [6, 6.07) is 12.4. The Hall–Kier alpha value is -2.97. The van der Waals surface area contributed by atoms with Crippen LogP contribution in [0.25, 0.3) is 0 Å². The zero-order valence-electron chi connectivity index (χ0n) is 17.8. The highest BCUT2D eigenvalue weighted by Gasteiger charge is 2.06. The summed E-state index contributed by atoms with van der Waals surface area (Å²) in [6.07, 6.45) is 1.78. The van der Waals surface area contributed by atoms with Crippen molar-refractivity contribution in [3.8, 4) is 0 Å². The van der Waals surface area contributed by atoms with Gasteiger partial charge in [0.2, 0.25) is 0 Å². The SMILES string of the molecule is CN=C(NN)c1cccc(NC(=O)NCCCCN(C)Cc2ccc(C)c(F)c2)c1. The maximum Gasteiger partial charge on any atom is 0.319 e. The molecule has 7 nitrogen and oxygen atoms in total. The van der Waals surface area contributed by atoms with Gasteiger partial charge in [0.25, 0.3) is 0 Å². The van der Waals surface area contributed by atoms with E-state index in [0.717, 1.165) is 30.5 Å². The van der Waals surface area contributed by atoms with Gasteiger partial charge in [-0.25, -0.2) is 15.0 Å². The highest BCUT2D eigenvalue weighted by Crippen LogP contribution is 2.12. The van der Waals surface area contributed by atoms with E-state index in [1.165, 1.54) is 0 Å². The predicted molar refractivity (Wildman–Crippen MR) is 120 cm³/mol. The Balaban J connectivity index is 1.67. The number of rotatable bonds is 9. The predicted octanol–water partition coefficient (Wildman–Crippen LogP) is 3.01. The second-order valence-electron chi connectivity index (χ2n) is 7.21. The molecule has 0 aliphatic carbocycles. The Labute approximate surface area is 177 Å². The number of hydrogen-bond acceptors (Lipinski definition) is 4. The van der Waals surface area contributed by atoms with E-state index in [1.807, 2.05) is 25.2 Å². The van der Waals surface area contributed by atoms with Crippen LogP contribution >= 0.6 is 0 Å². The van der Waals surface area contributed by atoms with Crippen molar-refractivity contribution in [1.82, 2.24) is 15.6 Å². The van der Waals surface area contributed by atoms with Gasteiger partial charge in [-0.1, -0.05) is 24.3 Å². The number of nitrogens with one attached hydrogen (secondary N) is 3. The van der Waals surface area contributed by atoms with E-state index < -0.39 is 0 Å². The number of unbranched alkanes of at least 4 members (excludes halogenated alkanes) is 1. The van der Waals surface area contributed by atoms with Gasteiger partial charge in [-0.05, 0) is 62.7 Å². The summed E-state index contributed by atoms with van der Waals surface area (Å²) < 4.78 is 13.6. The summed E-state index contributed by atoms with van der Waals surface area (Å²) in [6.45, 7) is 3.90. The Bertz CT molecular complexity index is 870. The summed E-state index contributed by atoms with van der Waals surface area (Å²) in [7, 11) is 3.65. The molecule has 0 aliphatic rings. The third kappa shape index (κ3) is 7.46. The van der Waals surface area contributed by atoms with Crippen LogP contribution in [0.1, 0.15) is 29.5 Å². The molecule has 2 amide bonds. The molecule has 2 aromatic rings. The van der Waals surface area contributed by atoms with Crippen molar-refractivity contribution in [2.24, 2.45) is 10.8 Å². The third-order valence-electron chi connectivity index (χ3n) is 4.70. The Morgan fingerprint density at radius 3 is 2.70 bits per heavy atom. The fourth-order valence-corrected chi connectivity index (χ4v) is 3.03. The van der Waals surface area contributed by atoms with Crippen LogP contribution in [0.2, 0.25) is 0 Å². The molecule has 0 fully saturated rings. The van der Waals surface area contributed by atoms with Crippen molar-refractivity contribution in [3.05, 3.63) is 65.0 Å². The molecule has 30 heavy (non-hydrogen) atoms. The average Bonchev–Trinajstić information content (AvgIpc) is 2.72. The second kappa shape index (κ2) is 11.9. The molecule has 0 atom stereocenters. The molecule has 2 rings (SSSR count). The maximum absolute atomic E-state index is 13.6. The van der Waals surface area contributed by atoms with Crippen molar-refractivity contribution >= 4 is 17.6 Å². The Kier molecular flexibility index (Phi) is 9.24. The third-order valence-corrected chi connectivity index (χ3v) is 4.70. The quantitative estimate of drug-likeness (QED) is 0.167. The lowest BCUT2D eigenvalue weighted by molar-refractivity contribution is 0.251. The number of amidine groups is 1. The first-order valence-corrected chi connectivity index (χ1v) is 9.95. The molecule has 162 valence electrons. The van der Waals surface area contributed by atoms with Crippen LogP contribution in [-0.4, -0.2) is 44.0 Å². The van der Waals surface area contributed by atoms with Gasteiger partial charge in [0, 0.05) is 31.4 Å². The molecule has 0 heterocycles. The second-order valence-corrected chi connectivity index (χ2v) is 7.21. The number of amides is 2. The van der Waals surface area contributed by atoms with E-state index in [9.17, 15) is 9.18 Å². The molecule has 0 unspecified atom stereocenters. The minimum absolute atomic E-state index is 0.167. The summed E-state index contributed by atoms with van der Waals surface area (Å²) >= 11 is 0. The van der Waals surface area contributed by atoms with Gasteiger partial charge in [-0.2, -0.15) is 0 Å². The van der Waals surface area contributed by atoms with Gasteiger partial charge in [0.05, 0.1) is 0 Å². The van der Waals surface area contributed by atoms with Crippen LogP contribution in [0.5, 0.6) is 0 Å². The van der Waals surface area contributed by atoms with Gasteiger partial charge in [0.15, 0.2) is 0 Å². The fourth-order valence-electron chi connectivity index (χ4n) is 3.03. The lowest BCUT2D eigenvalue weighted by atomic mass is 10.1. The topological polar surface area (TPSA) is 94.8 Å². The van der Waals surface area contributed by atoms with Crippen LogP contribution in [0, 0.1) is 12.7 Å².